The maximum Gasteiger partial charge on any atom is 0.412 e. The second-order valence-electron chi connectivity index (χ2n) is 7.39. The number of amides is 1. The molecule has 0 aliphatic rings. The first-order valence-electron chi connectivity index (χ1n) is 11.2. The molecule has 0 aromatic heterocycles. The molecule has 10 heteroatoms. The lowest BCUT2D eigenvalue weighted by molar-refractivity contribution is -0.142. The van der Waals surface area contributed by atoms with Crippen LogP contribution in [0.3, 0.4) is 0 Å². The van der Waals surface area contributed by atoms with E-state index in [4.69, 9.17) is 24.1 Å². The molecule has 35 heavy (non-hydrogen) atoms. The topological polar surface area (TPSA) is 120 Å². The molecule has 0 radical (unpaired) electrons. The summed E-state index contributed by atoms with van der Waals surface area (Å²) in [4.78, 5) is 35.7. The highest BCUT2D eigenvalue weighted by molar-refractivity contribution is 7.81. The van der Waals surface area contributed by atoms with E-state index in [-0.39, 0.29) is 37.8 Å². The van der Waals surface area contributed by atoms with E-state index in [0.29, 0.717) is 29.2 Å². The highest BCUT2D eigenvalue weighted by Crippen LogP contribution is 2.28. The lowest BCUT2D eigenvalue weighted by Crippen LogP contribution is -2.30. The Morgan fingerprint density at radius 2 is 1.71 bits per heavy atom. The summed E-state index contributed by atoms with van der Waals surface area (Å²) >= 11 is 3.89. The van der Waals surface area contributed by atoms with E-state index in [0.717, 1.165) is 0 Å². The number of benzene rings is 2. The zero-order chi connectivity index (χ0) is 25.6. The molecule has 0 unspecified atom stereocenters. The van der Waals surface area contributed by atoms with Crippen molar-refractivity contribution in [1.29, 1.82) is 0 Å². The fourth-order valence-corrected chi connectivity index (χ4v) is 3.29. The normalized spacial score (nSPS) is 12.3. The van der Waals surface area contributed by atoms with E-state index in [2.05, 4.69) is 17.9 Å². The van der Waals surface area contributed by atoms with Crippen molar-refractivity contribution in [2.75, 3.05) is 37.5 Å². The average molecular weight is 506 g/mol. The smallest absolute Gasteiger partial charge is 0.412 e. The van der Waals surface area contributed by atoms with Crippen LogP contribution in [0.2, 0.25) is 0 Å². The molecular formula is C25H31NO8S. The zero-order valence-electron chi connectivity index (χ0n) is 19.8. The first kappa shape index (κ1) is 28.2. The van der Waals surface area contributed by atoms with Crippen LogP contribution in [0.15, 0.2) is 48.5 Å². The van der Waals surface area contributed by atoms with Gasteiger partial charge in [-0.25, -0.2) is 4.79 Å². The van der Waals surface area contributed by atoms with Crippen LogP contribution < -0.4 is 10.1 Å². The first-order valence-corrected chi connectivity index (χ1v) is 11.8. The monoisotopic (exact) mass is 505 g/mol. The molecule has 9 nitrogen and oxygen atoms in total. The molecule has 190 valence electrons. The van der Waals surface area contributed by atoms with Crippen LogP contribution >= 0.6 is 12.6 Å². The molecule has 2 aromatic rings. The predicted molar refractivity (Wildman–Crippen MR) is 133 cm³/mol. The van der Waals surface area contributed by atoms with Gasteiger partial charge in [0.05, 0.1) is 19.0 Å². The van der Waals surface area contributed by atoms with Crippen LogP contribution in [0.1, 0.15) is 42.3 Å². The minimum Gasteiger partial charge on any atom is -0.491 e. The molecule has 0 fully saturated rings. The van der Waals surface area contributed by atoms with Gasteiger partial charge in [-0.15, -0.1) is 0 Å². The molecule has 2 aromatic carbocycles. The van der Waals surface area contributed by atoms with E-state index >= 15 is 0 Å². The SMILES string of the molecule is CCO[C@@H](CCOC(=O)CS)[C@@H](OC(=O)Nc1ccc(C(C)=O)cc1)c1ccc(OCCO)cc1. The largest absolute Gasteiger partial charge is 0.491 e. The van der Waals surface area contributed by atoms with Gasteiger partial charge in [0.2, 0.25) is 0 Å². The van der Waals surface area contributed by atoms with Crippen molar-refractivity contribution in [2.45, 2.75) is 32.5 Å². The van der Waals surface area contributed by atoms with Crippen molar-refractivity contribution in [2.24, 2.45) is 0 Å². The number of hydrogen-bond donors (Lipinski definition) is 3. The molecule has 2 N–H and O–H groups in total. The molecule has 0 aliphatic heterocycles. The Balaban J connectivity index is 2.20. The fraction of sp³-hybridized carbons (Fsp3) is 0.400. The number of aliphatic hydroxyl groups is 1. The van der Waals surface area contributed by atoms with Gasteiger partial charge in [-0.2, -0.15) is 12.6 Å². The van der Waals surface area contributed by atoms with Gasteiger partial charge in [0.1, 0.15) is 18.5 Å². The molecule has 2 rings (SSSR count). The number of carbonyl (C=O) groups is 3. The van der Waals surface area contributed by atoms with Crippen LogP contribution in [0, 0.1) is 0 Å². The highest BCUT2D eigenvalue weighted by Gasteiger charge is 2.28. The minimum absolute atomic E-state index is 0.0423. The molecule has 2 atom stereocenters. The predicted octanol–water partition coefficient (Wildman–Crippen LogP) is 3.82. The van der Waals surface area contributed by atoms with E-state index < -0.39 is 24.3 Å². The second-order valence-corrected chi connectivity index (χ2v) is 7.70. The van der Waals surface area contributed by atoms with Gasteiger partial charge >= 0.3 is 12.1 Å². The number of hydrogen-bond acceptors (Lipinski definition) is 9. The van der Waals surface area contributed by atoms with Crippen molar-refractivity contribution in [1.82, 2.24) is 0 Å². The number of aliphatic hydroxyl groups excluding tert-OH is 1. The number of Topliss-reactive ketones (excluding diaryl/α,β-unsaturated/α-hetero) is 1. The number of thiol groups is 1. The summed E-state index contributed by atoms with van der Waals surface area (Å²) in [5, 5.41) is 11.6. The third kappa shape index (κ3) is 9.59. The zero-order valence-corrected chi connectivity index (χ0v) is 20.7. The maximum absolute atomic E-state index is 12.8. The van der Waals surface area contributed by atoms with Gasteiger partial charge in [0.25, 0.3) is 0 Å². The summed E-state index contributed by atoms with van der Waals surface area (Å²) in [5.41, 5.74) is 1.63. The lowest BCUT2D eigenvalue weighted by atomic mass is 10.0. The van der Waals surface area contributed by atoms with Crippen molar-refractivity contribution < 1.29 is 38.4 Å². The number of carbonyl (C=O) groups excluding carboxylic acids is 3. The first-order chi connectivity index (χ1) is 16.9. The van der Waals surface area contributed by atoms with Crippen LogP contribution in [0.25, 0.3) is 0 Å². The number of ketones is 1. The van der Waals surface area contributed by atoms with Crippen molar-refractivity contribution in [3.63, 3.8) is 0 Å². The Kier molecular flexibility index (Phi) is 12.1. The van der Waals surface area contributed by atoms with Crippen LogP contribution in [-0.2, 0) is 19.0 Å². The summed E-state index contributed by atoms with van der Waals surface area (Å²) in [6.07, 6.45) is -1.87. The number of esters is 1. The Labute approximate surface area is 210 Å². The number of ether oxygens (including phenoxy) is 4. The van der Waals surface area contributed by atoms with Gasteiger partial charge in [-0.1, -0.05) is 12.1 Å². The third-order valence-corrected chi connectivity index (χ3v) is 5.11. The van der Waals surface area contributed by atoms with Crippen LogP contribution in [-0.4, -0.2) is 61.2 Å². The summed E-state index contributed by atoms with van der Waals surface area (Å²) in [7, 11) is 0. The Morgan fingerprint density at radius 1 is 1.03 bits per heavy atom. The number of rotatable bonds is 14. The average Bonchev–Trinajstić information content (AvgIpc) is 2.86. The maximum atomic E-state index is 12.8. The standard InChI is InChI=1S/C25H31NO8S/c1-3-31-22(12-14-33-23(29)16-35)24(19-6-10-21(11-7-19)32-15-13-27)34-25(30)26-20-8-4-18(5-9-20)17(2)28/h4-11,22,24,27,35H,3,12-16H2,1-2H3,(H,26,30)/t22-,24-/m0/s1. The van der Waals surface area contributed by atoms with Crippen LogP contribution in [0.4, 0.5) is 10.5 Å². The lowest BCUT2D eigenvalue weighted by Gasteiger charge is -2.27. The fourth-order valence-electron chi connectivity index (χ4n) is 3.20. The van der Waals surface area contributed by atoms with Gasteiger partial charge in [0.15, 0.2) is 11.9 Å². The van der Waals surface area contributed by atoms with Gasteiger partial charge < -0.3 is 24.1 Å². The Hall–Kier alpha value is -3.08. The molecule has 0 heterocycles. The quantitative estimate of drug-likeness (QED) is 0.201. The molecule has 0 aliphatic carbocycles. The molecule has 0 saturated heterocycles. The number of nitrogens with one attached hydrogen (secondary N) is 1. The van der Waals surface area contributed by atoms with Crippen molar-refractivity contribution in [3.05, 3.63) is 59.7 Å². The van der Waals surface area contributed by atoms with Gasteiger partial charge in [-0.05, 0) is 55.8 Å². The minimum atomic E-state index is -0.826. The van der Waals surface area contributed by atoms with Gasteiger partial charge in [-0.3, -0.25) is 14.9 Å². The van der Waals surface area contributed by atoms with E-state index in [1.54, 1.807) is 48.5 Å². The summed E-state index contributed by atoms with van der Waals surface area (Å²) in [6, 6.07) is 13.3. The molecule has 1 amide bonds. The molecule has 0 spiro atoms. The summed E-state index contributed by atoms with van der Waals surface area (Å²) in [6.45, 7) is 3.72. The second kappa shape index (κ2) is 15.0. The highest BCUT2D eigenvalue weighted by atomic mass is 32.1. The molecular weight excluding hydrogens is 474 g/mol. The van der Waals surface area contributed by atoms with Crippen molar-refractivity contribution >= 4 is 36.2 Å². The summed E-state index contributed by atoms with van der Waals surface area (Å²) < 4.78 is 22.1. The van der Waals surface area contributed by atoms with E-state index in [1.165, 1.54) is 6.92 Å². The van der Waals surface area contributed by atoms with Crippen molar-refractivity contribution in [3.8, 4) is 5.75 Å². The van der Waals surface area contributed by atoms with Crippen LogP contribution in [0.5, 0.6) is 5.75 Å². The third-order valence-electron chi connectivity index (χ3n) is 4.85. The number of anilines is 1. The van der Waals surface area contributed by atoms with E-state index in [9.17, 15) is 14.4 Å². The summed E-state index contributed by atoms with van der Waals surface area (Å²) in [5.74, 6) is -0.0338. The Bertz CT molecular complexity index is 949. The Morgan fingerprint density at radius 3 is 2.29 bits per heavy atom. The van der Waals surface area contributed by atoms with Gasteiger partial charge in [0, 0.05) is 24.3 Å². The molecule has 0 saturated carbocycles. The molecule has 0 bridgehead atoms. The van der Waals surface area contributed by atoms with E-state index in [1.807, 2.05) is 6.92 Å².